The quantitative estimate of drug-likeness (QED) is 0.146. The van der Waals surface area contributed by atoms with Crippen LogP contribution in [-0.2, 0) is 25.0 Å². The monoisotopic (exact) mass is 862 g/mol. The summed E-state index contributed by atoms with van der Waals surface area (Å²) in [5.41, 5.74) is 16.9. The fourth-order valence-corrected chi connectivity index (χ4v) is 12.4. The van der Waals surface area contributed by atoms with Crippen molar-refractivity contribution in [3.05, 3.63) is 183 Å². The lowest BCUT2D eigenvalue weighted by molar-refractivity contribution is -0.671. The molecule has 4 aromatic carbocycles. The lowest BCUT2D eigenvalue weighted by atomic mass is 9.85. The molecule has 3 aliphatic heterocycles. The first-order valence-corrected chi connectivity index (χ1v) is 23.7. The van der Waals surface area contributed by atoms with Crippen LogP contribution in [0.1, 0.15) is 65.1 Å². The molecule has 13 rings (SSSR count). The summed E-state index contributed by atoms with van der Waals surface area (Å²) >= 11 is 5.65. The molecule has 0 saturated heterocycles. The number of thiophene rings is 3. The molecule has 9 heterocycles. The minimum atomic E-state index is 0. The molecule has 3 aliphatic rings. The highest BCUT2D eigenvalue weighted by atomic mass is 32.1. The van der Waals surface area contributed by atoms with E-state index in [0.29, 0.717) is 0 Å². The van der Waals surface area contributed by atoms with Crippen LogP contribution in [0.15, 0.2) is 146 Å². The fraction of sp³-hybridized carbons (Fsp3) is 0.196. The lowest BCUT2D eigenvalue weighted by Crippen LogP contribution is -2.31. The van der Waals surface area contributed by atoms with Gasteiger partial charge in [-0.1, -0.05) is 88.9 Å². The van der Waals surface area contributed by atoms with Crippen LogP contribution in [0.25, 0.3) is 75.2 Å². The molecule has 0 fully saturated rings. The first-order chi connectivity index (χ1) is 29.6. The molecule has 6 aromatic heterocycles. The smallest absolute Gasteiger partial charge is 0.193 e. The maximum absolute atomic E-state index is 2.40. The zero-order chi connectivity index (χ0) is 41.6. The highest BCUT2D eigenvalue weighted by molar-refractivity contribution is 7.19. The summed E-state index contributed by atoms with van der Waals surface area (Å²) in [6.07, 6.45) is 6.69. The van der Waals surface area contributed by atoms with Gasteiger partial charge in [0.2, 0.25) is 17.1 Å². The summed E-state index contributed by atoms with van der Waals surface area (Å²) in [5, 5.41) is 4.20. The molecule has 0 radical (unpaired) electrons. The van der Waals surface area contributed by atoms with Crippen LogP contribution in [0.3, 0.4) is 0 Å². The molecule has 0 atom stereocenters. The van der Waals surface area contributed by atoms with E-state index in [1.807, 2.05) is 34.0 Å². The van der Waals surface area contributed by atoms with Crippen LogP contribution in [0.2, 0.25) is 0 Å². The van der Waals surface area contributed by atoms with Crippen molar-refractivity contribution in [1.29, 1.82) is 0 Å². The van der Waals surface area contributed by atoms with Gasteiger partial charge in [-0.25, -0.2) is 0 Å². The Labute approximate surface area is 377 Å². The van der Waals surface area contributed by atoms with E-state index in [-0.39, 0.29) is 12.8 Å². The van der Waals surface area contributed by atoms with E-state index in [1.165, 1.54) is 112 Å². The first kappa shape index (κ1) is 40.3. The average molecular weight is 863 g/mol. The van der Waals surface area contributed by atoms with Gasteiger partial charge in [0.05, 0.1) is 32.8 Å². The third kappa shape index (κ3) is 6.99. The highest BCUT2D eigenvalue weighted by Crippen LogP contribution is 2.40. The molecular weight excluding hydrogens is 811 g/mol. The number of rotatable bonds is 1. The summed E-state index contributed by atoms with van der Waals surface area (Å²) in [5.74, 6) is 0. The van der Waals surface area contributed by atoms with E-state index in [0.717, 1.165) is 19.6 Å². The summed E-state index contributed by atoms with van der Waals surface area (Å²) in [4.78, 5) is 4.15. The summed E-state index contributed by atoms with van der Waals surface area (Å²) in [6, 6.07) is 47.0. The van der Waals surface area contributed by atoms with Gasteiger partial charge in [0.1, 0.15) is 0 Å². The molecule has 0 amide bonds. The van der Waals surface area contributed by atoms with Crippen LogP contribution in [-0.4, -0.2) is 0 Å². The van der Waals surface area contributed by atoms with Crippen molar-refractivity contribution in [3.63, 3.8) is 0 Å². The second-order valence-electron chi connectivity index (χ2n) is 17.8. The van der Waals surface area contributed by atoms with Crippen molar-refractivity contribution in [3.8, 4) is 44.9 Å². The number of aryl methyl sites for hydroxylation is 3. The van der Waals surface area contributed by atoms with Gasteiger partial charge in [0.25, 0.3) is 0 Å². The number of hydrogen-bond donors (Lipinski definition) is 0. The first-order valence-electron chi connectivity index (χ1n) is 21.2. The normalized spacial score (nSPS) is 12.7. The van der Waals surface area contributed by atoms with E-state index < -0.39 is 0 Å². The van der Waals surface area contributed by atoms with Crippen molar-refractivity contribution < 1.29 is 13.7 Å². The third-order valence-electron chi connectivity index (χ3n) is 12.5. The molecule has 10 aromatic rings. The van der Waals surface area contributed by atoms with Gasteiger partial charge in [0, 0.05) is 63.6 Å². The van der Waals surface area contributed by atoms with Crippen molar-refractivity contribution in [1.82, 2.24) is 0 Å². The standard InChI is InChI=1S/C21H16NS.C19H20NS.C15H12NS.CH4/c1-14-11-19-20(23-14)9-10-22-13-17-12-16(7-8-18(17)21(19)22)15-5-3-2-4-6-15;1-12-9-16-17(21-12)7-8-20-11-13-10-14(19(2,3)4)5-6-15(13)18(16)20;1-10-8-13-14(17-10)6-7-16-9-11-4-2-3-5-12(11)15(13)16;/h2-12H,13H2,1H3;5-10H,11H2,1-4H3;2-8H,9H2,1H3;1H4/q3*+1;. The second-order valence-corrected chi connectivity index (χ2v) is 21.7. The van der Waals surface area contributed by atoms with Crippen molar-refractivity contribution in [2.24, 2.45) is 0 Å². The Bertz CT molecular complexity index is 3360. The van der Waals surface area contributed by atoms with E-state index in [9.17, 15) is 0 Å². The van der Waals surface area contributed by atoms with Gasteiger partial charge in [-0.2, -0.15) is 13.7 Å². The molecular formula is C56H52N3S3+3. The maximum Gasteiger partial charge on any atom is 0.222 e. The molecule has 0 bridgehead atoms. The van der Waals surface area contributed by atoms with Gasteiger partial charge in [-0.3, -0.25) is 0 Å². The van der Waals surface area contributed by atoms with Gasteiger partial charge in [-0.05, 0) is 91.4 Å². The molecule has 0 spiro atoms. The van der Waals surface area contributed by atoms with E-state index in [4.69, 9.17) is 0 Å². The van der Waals surface area contributed by atoms with Crippen molar-refractivity contribution >= 4 is 64.3 Å². The van der Waals surface area contributed by atoms with E-state index in [2.05, 4.69) is 201 Å². The molecule has 306 valence electrons. The van der Waals surface area contributed by atoms with Gasteiger partial charge in [-0.15, -0.1) is 34.0 Å². The largest absolute Gasteiger partial charge is 0.222 e. The zero-order valence-electron chi connectivity index (χ0n) is 35.5. The van der Waals surface area contributed by atoms with Crippen LogP contribution in [0, 0.1) is 20.8 Å². The molecule has 0 N–H and O–H groups in total. The molecule has 6 heteroatoms. The summed E-state index contributed by atoms with van der Waals surface area (Å²) in [7, 11) is 0. The Morgan fingerprint density at radius 1 is 0.419 bits per heavy atom. The Balaban J connectivity index is 0.000000111. The number of benzene rings is 4. The fourth-order valence-electron chi connectivity index (χ4n) is 9.61. The zero-order valence-corrected chi connectivity index (χ0v) is 38.0. The third-order valence-corrected chi connectivity index (χ3v) is 15.5. The van der Waals surface area contributed by atoms with Gasteiger partial charge in [0.15, 0.2) is 38.2 Å². The predicted molar refractivity (Wildman–Crippen MR) is 265 cm³/mol. The number of fused-ring (bicyclic) bond motifs is 15. The van der Waals surface area contributed by atoms with E-state index >= 15 is 0 Å². The van der Waals surface area contributed by atoms with Crippen molar-refractivity contribution in [2.75, 3.05) is 0 Å². The predicted octanol–water partition coefficient (Wildman–Crippen LogP) is 14.2. The minimum absolute atomic E-state index is 0. The molecule has 0 saturated carbocycles. The minimum Gasteiger partial charge on any atom is -0.193 e. The lowest BCUT2D eigenvalue weighted by Gasteiger charge is -2.19. The number of nitrogens with zero attached hydrogens (tertiary/aromatic N) is 3. The van der Waals surface area contributed by atoms with Gasteiger partial charge < -0.3 is 0 Å². The molecule has 0 aliphatic carbocycles. The topological polar surface area (TPSA) is 11.6 Å². The Kier molecular flexibility index (Phi) is 10.1. The Morgan fingerprint density at radius 3 is 1.37 bits per heavy atom. The second kappa shape index (κ2) is 15.5. The SMILES string of the molecule is C.Cc1cc2c3[n+](ccc2s1)Cc1cc(-c2ccccc2)ccc1-3.Cc1cc2c3[n+](ccc2s1)Cc1cc(C(C)(C)C)ccc1-3.Cc1cc2c3[n+](ccc2s1)Cc1ccccc1-3. The molecule has 62 heavy (non-hydrogen) atoms. The van der Waals surface area contributed by atoms with Crippen LogP contribution in [0.4, 0.5) is 0 Å². The van der Waals surface area contributed by atoms with Gasteiger partial charge >= 0.3 is 0 Å². The van der Waals surface area contributed by atoms with Crippen molar-refractivity contribution in [2.45, 2.75) is 74.0 Å². The number of hydrogen-bond acceptors (Lipinski definition) is 3. The maximum atomic E-state index is 2.40. The average Bonchev–Trinajstić information content (AvgIpc) is 4.10. The Hall–Kier alpha value is -5.79. The van der Waals surface area contributed by atoms with Crippen LogP contribution in [0.5, 0.6) is 0 Å². The molecule has 3 nitrogen and oxygen atoms in total. The summed E-state index contributed by atoms with van der Waals surface area (Å²) < 4.78 is 11.3. The number of aromatic nitrogens is 3. The number of pyridine rings is 3. The van der Waals surface area contributed by atoms with Crippen LogP contribution >= 0.6 is 34.0 Å². The van der Waals surface area contributed by atoms with Crippen LogP contribution < -0.4 is 13.7 Å². The highest BCUT2D eigenvalue weighted by Gasteiger charge is 2.32. The Morgan fingerprint density at radius 2 is 0.855 bits per heavy atom. The molecule has 0 unspecified atom stereocenters. The van der Waals surface area contributed by atoms with E-state index in [1.54, 1.807) is 0 Å². The summed E-state index contributed by atoms with van der Waals surface area (Å²) in [6.45, 7) is 16.4.